The molecule has 1 aliphatic rings. The molecule has 19 heavy (non-hydrogen) atoms. The summed E-state index contributed by atoms with van der Waals surface area (Å²) in [4.78, 5) is 8.63. The second-order valence-corrected chi connectivity index (χ2v) is 6.88. The number of thioether (sulfide) groups is 2. The van der Waals surface area contributed by atoms with Crippen molar-refractivity contribution in [1.82, 2.24) is 15.4 Å². The van der Waals surface area contributed by atoms with Gasteiger partial charge < -0.3 is 4.74 Å². The Morgan fingerprint density at radius 2 is 2.16 bits per heavy atom. The highest BCUT2D eigenvalue weighted by molar-refractivity contribution is 8.07. The maximum atomic E-state index is 5.78. The molecule has 3 atom stereocenters. The standard InChI is InChI=1S/C12H20N4OS2/c1-3-8-11(19-7-6-18-8)9(16-13)10-12(17-2)15-5-4-14-10/h4-5,8-9,11,16H,3,6-7,13H2,1-2H3. The van der Waals surface area contributed by atoms with E-state index in [1.165, 1.54) is 5.75 Å². The van der Waals surface area contributed by atoms with E-state index in [1.54, 1.807) is 19.5 Å². The molecule has 0 aromatic carbocycles. The lowest BCUT2D eigenvalue weighted by Gasteiger charge is -2.35. The lowest BCUT2D eigenvalue weighted by atomic mass is 10.1. The third-order valence-electron chi connectivity index (χ3n) is 3.18. The first-order valence-electron chi connectivity index (χ1n) is 6.36. The van der Waals surface area contributed by atoms with Crippen molar-refractivity contribution in [3.63, 3.8) is 0 Å². The Labute approximate surface area is 122 Å². The van der Waals surface area contributed by atoms with Crippen LogP contribution in [0.15, 0.2) is 12.4 Å². The smallest absolute Gasteiger partial charge is 0.237 e. The summed E-state index contributed by atoms with van der Waals surface area (Å²) in [5.41, 5.74) is 3.71. The first-order chi connectivity index (χ1) is 9.31. The van der Waals surface area contributed by atoms with E-state index in [0.29, 0.717) is 16.4 Å². The second kappa shape index (κ2) is 7.33. The highest BCUT2D eigenvalue weighted by Gasteiger charge is 2.35. The van der Waals surface area contributed by atoms with Crippen LogP contribution in [0.2, 0.25) is 0 Å². The zero-order chi connectivity index (χ0) is 13.7. The maximum Gasteiger partial charge on any atom is 0.237 e. The predicted octanol–water partition coefficient (Wildman–Crippen LogP) is 1.62. The van der Waals surface area contributed by atoms with Gasteiger partial charge in [-0.2, -0.15) is 23.5 Å². The average Bonchev–Trinajstić information content (AvgIpc) is 2.49. The van der Waals surface area contributed by atoms with E-state index in [-0.39, 0.29) is 6.04 Å². The van der Waals surface area contributed by atoms with Crippen LogP contribution >= 0.6 is 23.5 Å². The number of hydrogen-bond acceptors (Lipinski definition) is 7. The number of methoxy groups -OCH3 is 1. The second-order valence-electron chi connectivity index (χ2n) is 4.25. The molecular formula is C12H20N4OS2. The van der Waals surface area contributed by atoms with E-state index < -0.39 is 0 Å². The zero-order valence-electron chi connectivity index (χ0n) is 11.2. The molecule has 3 unspecified atom stereocenters. The average molecular weight is 300 g/mol. The van der Waals surface area contributed by atoms with Crippen LogP contribution < -0.4 is 16.0 Å². The Hall–Kier alpha value is -0.500. The number of hydrazine groups is 1. The highest BCUT2D eigenvalue weighted by Crippen LogP contribution is 2.40. The molecule has 2 heterocycles. The molecule has 0 radical (unpaired) electrons. The van der Waals surface area contributed by atoms with Gasteiger partial charge in [-0.15, -0.1) is 0 Å². The third-order valence-corrected chi connectivity index (χ3v) is 6.53. The van der Waals surface area contributed by atoms with E-state index in [1.807, 2.05) is 23.5 Å². The summed E-state index contributed by atoms with van der Waals surface area (Å²) in [5, 5.41) is 0.964. The van der Waals surface area contributed by atoms with Crippen LogP contribution in [-0.4, -0.2) is 39.1 Å². The minimum absolute atomic E-state index is 0.0357. The largest absolute Gasteiger partial charge is 0.480 e. The fourth-order valence-electron chi connectivity index (χ4n) is 2.28. The van der Waals surface area contributed by atoms with Gasteiger partial charge in [0.05, 0.1) is 13.2 Å². The molecule has 0 bridgehead atoms. The first kappa shape index (κ1) is 14.9. The van der Waals surface area contributed by atoms with Crippen molar-refractivity contribution in [2.24, 2.45) is 5.84 Å². The number of nitrogens with zero attached hydrogens (tertiary/aromatic N) is 2. The maximum absolute atomic E-state index is 5.78. The van der Waals surface area contributed by atoms with Gasteiger partial charge in [0.2, 0.25) is 5.88 Å². The summed E-state index contributed by atoms with van der Waals surface area (Å²) in [6.45, 7) is 2.22. The quantitative estimate of drug-likeness (QED) is 0.632. The molecule has 1 fully saturated rings. The van der Waals surface area contributed by atoms with Crippen LogP contribution in [0.25, 0.3) is 0 Å². The number of hydrogen-bond donors (Lipinski definition) is 2. The Morgan fingerprint density at radius 3 is 2.84 bits per heavy atom. The minimum atomic E-state index is -0.0357. The fraction of sp³-hybridized carbons (Fsp3) is 0.667. The van der Waals surface area contributed by atoms with Crippen molar-refractivity contribution < 1.29 is 4.74 Å². The van der Waals surface area contributed by atoms with Crippen LogP contribution in [-0.2, 0) is 0 Å². The molecular weight excluding hydrogens is 280 g/mol. The Bertz CT molecular complexity index is 407. The fourth-order valence-corrected chi connectivity index (χ4v) is 5.49. The predicted molar refractivity (Wildman–Crippen MR) is 81.4 cm³/mol. The van der Waals surface area contributed by atoms with E-state index in [2.05, 4.69) is 22.3 Å². The summed E-state index contributed by atoms with van der Waals surface area (Å²) in [7, 11) is 1.61. The molecule has 2 rings (SSSR count). The molecule has 0 saturated carbocycles. The molecule has 0 spiro atoms. The van der Waals surface area contributed by atoms with Crippen molar-refractivity contribution in [3.8, 4) is 5.88 Å². The third kappa shape index (κ3) is 3.34. The van der Waals surface area contributed by atoms with E-state index in [4.69, 9.17) is 10.6 Å². The summed E-state index contributed by atoms with van der Waals surface area (Å²) >= 11 is 3.97. The molecule has 5 nitrogen and oxygen atoms in total. The Kier molecular flexibility index (Phi) is 5.75. The molecule has 3 N–H and O–H groups in total. The van der Waals surface area contributed by atoms with Gasteiger partial charge in [-0.1, -0.05) is 6.92 Å². The summed E-state index contributed by atoms with van der Waals surface area (Å²) in [6, 6.07) is -0.0357. The van der Waals surface area contributed by atoms with Gasteiger partial charge in [-0.05, 0) is 6.42 Å². The molecule has 1 aromatic heterocycles. The Morgan fingerprint density at radius 1 is 1.42 bits per heavy atom. The minimum Gasteiger partial charge on any atom is -0.480 e. The Balaban J connectivity index is 2.27. The molecule has 106 valence electrons. The molecule has 0 amide bonds. The first-order valence-corrected chi connectivity index (χ1v) is 8.45. The van der Waals surface area contributed by atoms with Crippen molar-refractivity contribution >= 4 is 23.5 Å². The number of rotatable bonds is 5. The van der Waals surface area contributed by atoms with Crippen LogP contribution in [0.1, 0.15) is 25.1 Å². The highest BCUT2D eigenvalue weighted by atomic mass is 32.2. The summed E-state index contributed by atoms with van der Waals surface area (Å²) < 4.78 is 5.30. The molecule has 7 heteroatoms. The molecule has 1 aromatic rings. The van der Waals surface area contributed by atoms with Gasteiger partial charge in [0.25, 0.3) is 0 Å². The lowest BCUT2D eigenvalue weighted by molar-refractivity contribution is 0.374. The van der Waals surface area contributed by atoms with Gasteiger partial charge in [0.1, 0.15) is 5.69 Å². The SMILES string of the molecule is CCC1SCCSC1C(NN)c1nccnc1OC. The van der Waals surface area contributed by atoms with Crippen LogP contribution in [0.3, 0.4) is 0 Å². The van der Waals surface area contributed by atoms with Gasteiger partial charge >= 0.3 is 0 Å². The summed E-state index contributed by atoms with van der Waals surface area (Å²) in [6.07, 6.45) is 4.45. The number of aromatic nitrogens is 2. The van der Waals surface area contributed by atoms with E-state index in [9.17, 15) is 0 Å². The van der Waals surface area contributed by atoms with Gasteiger partial charge in [0.15, 0.2) is 0 Å². The van der Waals surface area contributed by atoms with Gasteiger partial charge in [-0.25, -0.2) is 4.98 Å². The van der Waals surface area contributed by atoms with Crippen molar-refractivity contribution in [3.05, 3.63) is 18.1 Å². The van der Waals surface area contributed by atoms with Crippen molar-refractivity contribution in [2.75, 3.05) is 18.6 Å². The van der Waals surface area contributed by atoms with Crippen LogP contribution in [0.5, 0.6) is 5.88 Å². The zero-order valence-corrected chi connectivity index (χ0v) is 12.8. The molecule has 1 aliphatic heterocycles. The normalized spacial score (nSPS) is 25.0. The lowest BCUT2D eigenvalue weighted by Crippen LogP contribution is -2.42. The van der Waals surface area contributed by atoms with Crippen LogP contribution in [0.4, 0.5) is 0 Å². The van der Waals surface area contributed by atoms with Gasteiger partial charge in [0, 0.05) is 34.4 Å². The number of ether oxygens (including phenoxy) is 1. The molecule has 1 saturated heterocycles. The van der Waals surface area contributed by atoms with Gasteiger partial charge in [-0.3, -0.25) is 16.3 Å². The van der Waals surface area contributed by atoms with E-state index in [0.717, 1.165) is 17.9 Å². The molecule has 0 aliphatic carbocycles. The van der Waals surface area contributed by atoms with Crippen LogP contribution in [0, 0.1) is 0 Å². The van der Waals surface area contributed by atoms with Crippen molar-refractivity contribution in [1.29, 1.82) is 0 Å². The summed E-state index contributed by atoms with van der Waals surface area (Å²) in [5.74, 6) is 8.68. The number of nitrogens with two attached hydrogens (primary N) is 1. The topological polar surface area (TPSA) is 73.1 Å². The number of nitrogens with one attached hydrogen (secondary N) is 1. The van der Waals surface area contributed by atoms with Crippen molar-refractivity contribution in [2.45, 2.75) is 29.9 Å². The van der Waals surface area contributed by atoms with E-state index >= 15 is 0 Å². The monoisotopic (exact) mass is 300 g/mol.